The number of Topliss-reactive ketones (excluding diaryl/α,β-unsaturated/α-hetero) is 2. The Balaban J connectivity index is 2.60. The summed E-state index contributed by atoms with van der Waals surface area (Å²) in [7, 11) is 0. The van der Waals surface area contributed by atoms with Gasteiger partial charge in [-0.1, -0.05) is 33.8 Å². The zero-order chi connectivity index (χ0) is 20.4. The molecule has 0 radical (unpaired) electrons. The predicted molar refractivity (Wildman–Crippen MR) is 105 cm³/mol. The van der Waals surface area contributed by atoms with Crippen LogP contribution in [0.5, 0.6) is 0 Å². The van der Waals surface area contributed by atoms with Crippen molar-refractivity contribution < 1.29 is 14.3 Å². The number of hydrogen-bond donors (Lipinski definition) is 0. The fraction of sp³-hybridized carbons (Fsp3) is 0.522. The van der Waals surface area contributed by atoms with E-state index >= 15 is 0 Å². The number of nitriles is 1. The summed E-state index contributed by atoms with van der Waals surface area (Å²) in [5.74, 6) is -0.863. The maximum absolute atomic E-state index is 13.2. The van der Waals surface area contributed by atoms with E-state index in [2.05, 4.69) is 6.07 Å². The van der Waals surface area contributed by atoms with Crippen LogP contribution in [0.2, 0.25) is 0 Å². The Morgan fingerprint density at radius 1 is 1.26 bits per heavy atom. The Morgan fingerprint density at radius 3 is 2.48 bits per heavy atom. The SMILES string of the molecule is CCOCC1C(=O)CC(C(C)(C)c2cc(C)cc(C#N)c2)=C(C(C)C)C1=O. The minimum atomic E-state index is -0.700. The second-order valence-electron chi connectivity index (χ2n) is 8.09. The Morgan fingerprint density at radius 2 is 1.93 bits per heavy atom. The molecule has 1 aliphatic rings. The lowest BCUT2D eigenvalue weighted by molar-refractivity contribution is -0.134. The summed E-state index contributed by atoms with van der Waals surface area (Å²) in [4.78, 5) is 25.9. The highest BCUT2D eigenvalue weighted by atomic mass is 16.5. The summed E-state index contributed by atoms with van der Waals surface area (Å²) >= 11 is 0. The van der Waals surface area contributed by atoms with Crippen LogP contribution in [0.3, 0.4) is 0 Å². The van der Waals surface area contributed by atoms with Crippen LogP contribution in [-0.2, 0) is 19.7 Å². The molecule has 0 aliphatic heterocycles. The van der Waals surface area contributed by atoms with E-state index in [1.54, 1.807) is 0 Å². The number of allylic oxidation sites excluding steroid dienone is 2. The molecule has 0 N–H and O–H groups in total. The van der Waals surface area contributed by atoms with E-state index in [-0.39, 0.29) is 30.5 Å². The Bertz CT molecular complexity index is 825. The summed E-state index contributed by atoms with van der Waals surface area (Å²) in [6.07, 6.45) is 0.250. The molecule has 1 aromatic rings. The van der Waals surface area contributed by atoms with Gasteiger partial charge >= 0.3 is 0 Å². The summed E-state index contributed by atoms with van der Waals surface area (Å²) < 4.78 is 5.39. The number of ether oxygens (including phenoxy) is 1. The van der Waals surface area contributed by atoms with Crippen molar-refractivity contribution in [2.45, 2.75) is 53.4 Å². The minimum Gasteiger partial charge on any atom is -0.381 e. The molecule has 0 spiro atoms. The zero-order valence-corrected chi connectivity index (χ0v) is 17.2. The molecule has 0 heterocycles. The van der Waals surface area contributed by atoms with Gasteiger partial charge < -0.3 is 4.74 Å². The van der Waals surface area contributed by atoms with Crippen molar-refractivity contribution in [3.05, 3.63) is 46.0 Å². The highest BCUT2D eigenvalue weighted by Crippen LogP contribution is 2.42. The van der Waals surface area contributed by atoms with Crippen LogP contribution in [0, 0.1) is 30.1 Å². The van der Waals surface area contributed by atoms with Crippen molar-refractivity contribution in [3.63, 3.8) is 0 Å². The maximum Gasteiger partial charge on any atom is 0.171 e. The topological polar surface area (TPSA) is 67.2 Å². The van der Waals surface area contributed by atoms with Crippen LogP contribution in [0.25, 0.3) is 0 Å². The largest absolute Gasteiger partial charge is 0.381 e. The molecule has 1 unspecified atom stereocenters. The third-order valence-electron chi connectivity index (χ3n) is 5.40. The second kappa shape index (κ2) is 8.19. The van der Waals surface area contributed by atoms with Gasteiger partial charge in [0, 0.05) is 18.4 Å². The third kappa shape index (κ3) is 4.20. The minimum absolute atomic E-state index is 0.0178. The van der Waals surface area contributed by atoms with Crippen LogP contribution in [0.1, 0.15) is 57.7 Å². The number of hydrogen-bond acceptors (Lipinski definition) is 4. The highest BCUT2D eigenvalue weighted by Gasteiger charge is 2.42. The Kier molecular flexibility index (Phi) is 6.38. The molecule has 27 heavy (non-hydrogen) atoms. The number of carbonyl (C=O) groups excluding carboxylic acids is 2. The first kappa shape index (κ1) is 21.1. The van der Waals surface area contributed by atoms with Crippen LogP contribution >= 0.6 is 0 Å². The molecule has 1 aromatic carbocycles. The maximum atomic E-state index is 13.2. The first-order valence-electron chi connectivity index (χ1n) is 9.53. The molecule has 4 heteroatoms. The average Bonchev–Trinajstić information content (AvgIpc) is 2.60. The van der Waals surface area contributed by atoms with Crippen molar-refractivity contribution in [3.8, 4) is 6.07 Å². The summed E-state index contributed by atoms with van der Waals surface area (Å²) in [6, 6.07) is 7.93. The van der Waals surface area contributed by atoms with E-state index in [1.165, 1.54) is 0 Å². The van der Waals surface area contributed by atoms with E-state index < -0.39 is 11.3 Å². The normalized spacial score (nSPS) is 18.2. The number of carbonyl (C=O) groups is 2. The van der Waals surface area contributed by atoms with Crippen molar-refractivity contribution in [1.82, 2.24) is 0 Å². The zero-order valence-electron chi connectivity index (χ0n) is 17.2. The van der Waals surface area contributed by atoms with E-state index in [0.717, 1.165) is 22.3 Å². The average molecular weight is 367 g/mol. The standard InChI is InChI=1S/C23H29NO3/c1-7-27-13-18-20(25)11-19(21(14(2)3)22(18)26)23(5,6)17-9-15(4)8-16(10-17)12-24/h8-10,14,18H,7,11,13H2,1-6H3. The van der Waals surface area contributed by atoms with E-state index in [4.69, 9.17) is 4.74 Å². The number of nitrogens with zero attached hydrogens (tertiary/aromatic N) is 1. The molecule has 0 fully saturated rings. The van der Waals surface area contributed by atoms with Crippen LogP contribution < -0.4 is 0 Å². The van der Waals surface area contributed by atoms with Gasteiger partial charge in [0.1, 0.15) is 11.7 Å². The van der Waals surface area contributed by atoms with Crippen molar-refractivity contribution in [2.75, 3.05) is 13.2 Å². The quantitative estimate of drug-likeness (QED) is 0.703. The van der Waals surface area contributed by atoms with Gasteiger partial charge in [0.15, 0.2) is 5.78 Å². The molecule has 1 atom stereocenters. The molecule has 1 aliphatic carbocycles. The Hall–Kier alpha value is -2.25. The van der Waals surface area contributed by atoms with E-state index in [9.17, 15) is 14.9 Å². The molecular formula is C23H29NO3. The van der Waals surface area contributed by atoms with Gasteiger partial charge in [0.2, 0.25) is 0 Å². The summed E-state index contributed by atoms with van der Waals surface area (Å²) in [5, 5.41) is 9.32. The number of rotatable bonds is 6. The van der Waals surface area contributed by atoms with Gasteiger partial charge in [0.05, 0.1) is 18.2 Å². The van der Waals surface area contributed by atoms with Gasteiger partial charge in [-0.2, -0.15) is 5.26 Å². The van der Waals surface area contributed by atoms with E-state index in [0.29, 0.717) is 12.2 Å². The first-order valence-corrected chi connectivity index (χ1v) is 9.53. The fourth-order valence-electron chi connectivity index (χ4n) is 3.85. The molecule has 0 amide bonds. The van der Waals surface area contributed by atoms with Crippen molar-refractivity contribution in [1.29, 1.82) is 5.26 Å². The molecule has 0 bridgehead atoms. The third-order valence-corrected chi connectivity index (χ3v) is 5.40. The van der Waals surface area contributed by atoms with Gasteiger partial charge in [-0.3, -0.25) is 9.59 Å². The molecule has 4 nitrogen and oxygen atoms in total. The van der Waals surface area contributed by atoms with Gasteiger partial charge in [0.25, 0.3) is 0 Å². The van der Waals surface area contributed by atoms with Gasteiger partial charge in [-0.15, -0.1) is 0 Å². The predicted octanol–water partition coefficient (Wildman–Crippen LogP) is 4.29. The molecule has 0 saturated heterocycles. The Labute approximate surface area is 162 Å². The van der Waals surface area contributed by atoms with Crippen molar-refractivity contribution >= 4 is 11.6 Å². The summed E-state index contributed by atoms with van der Waals surface area (Å²) in [5.41, 5.74) is 3.63. The van der Waals surface area contributed by atoms with E-state index in [1.807, 2.05) is 59.7 Å². The molecule has 144 valence electrons. The lowest BCUT2D eigenvalue weighted by Crippen LogP contribution is -2.40. The van der Waals surface area contributed by atoms with Crippen LogP contribution in [-0.4, -0.2) is 24.8 Å². The number of benzene rings is 1. The van der Waals surface area contributed by atoms with Crippen LogP contribution in [0.4, 0.5) is 0 Å². The molecule has 0 saturated carbocycles. The van der Waals surface area contributed by atoms with Crippen LogP contribution in [0.15, 0.2) is 29.3 Å². The molecule has 2 rings (SSSR count). The molecule has 0 aromatic heterocycles. The number of aryl methyl sites for hydroxylation is 1. The highest BCUT2D eigenvalue weighted by molar-refractivity contribution is 6.14. The van der Waals surface area contributed by atoms with Gasteiger partial charge in [-0.05, 0) is 54.2 Å². The second-order valence-corrected chi connectivity index (χ2v) is 8.09. The molecular weight excluding hydrogens is 338 g/mol. The fourth-order valence-corrected chi connectivity index (χ4v) is 3.85. The first-order chi connectivity index (χ1) is 12.6. The van der Waals surface area contributed by atoms with Gasteiger partial charge in [-0.25, -0.2) is 0 Å². The number of ketones is 2. The van der Waals surface area contributed by atoms with Crippen molar-refractivity contribution in [2.24, 2.45) is 11.8 Å². The smallest absolute Gasteiger partial charge is 0.171 e. The summed E-state index contributed by atoms with van der Waals surface area (Å²) in [6.45, 7) is 12.5. The monoisotopic (exact) mass is 367 g/mol. The lowest BCUT2D eigenvalue weighted by Gasteiger charge is -2.36. The lowest BCUT2D eigenvalue weighted by atomic mass is 9.66.